The van der Waals surface area contributed by atoms with Gasteiger partial charge in [0.2, 0.25) is 5.89 Å². The van der Waals surface area contributed by atoms with Gasteiger partial charge in [0.05, 0.1) is 6.54 Å². The Kier molecular flexibility index (Phi) is 4.01. The molecule has 3 heterocycles. The highest BCUT2D eigenvalue weighted by Crippen LogP contribution is 2.10. The van der Waals surface area contributed by atoms with Gasteiger partial charge in [-0.15, -0.1) is 0 Å². The molecule has 1 aliphatic rings. The molecule has 0 unspecified atom stereocenters. The predicted molar refractivity (Wildman–Crippen MR) is 75.6 cm³/mol. The molecule has 0 radical (unpaired) electrons. The topological polar surface area (TPSA) is 78.3 Å². The number of nitrogens with one attached hydrogen (secondary N) is 1. The van der Waals surface area contributed by atoms with E-state index in [0.717, 1.165) is 38.4 Å². The van der Waals surface area contributed by atoms with E-state index in [1.54, 1.807) is 12.3 Å². The number of carbonyl (C=O) groups is 1. The molecule has 0 aliphatic carbocycles. The number of piperazine rings is 1. The van der Waals surface area contributed by atoms with E-state index >= 15 is 0 Å². The van der Waals surface area contributed by atoms with E-state index in [9.17, 15) is 4.79 Å². The summed E-state index contributed by atoms with van der Waals surface area (Å²) in [7, 11) is 0. The summed E-state index contributed by atoms with van der Waals surface area (Å²) in [6.45, 7) is 5.74. The fourth-order valence-corrected chi connectivity index (χ4v) is 2.44. The Bertz CT molecular complexity index is 584. The van der Waals surface area contributed by atoms with Crippen molar-refractivity contribution < 1.29 is 9.32 Å². The fraction of sp³-hybridized carbons (Fsp3) is 0.500. The van der Waals surface area contributed by atoms with Crippen LogP contribution < -0.4 is 0 Å². The molecule has 1 N–H and O–H groups in total. The Labute approximate surface area is 122 Å². The van der Waals surface area contributed by atoms with Gasteiger partial charge in [0.1, 0.15) is 5.69 Å². The van der Waals surface area contributed by atoms with Crippen molar-refractivity contribution in [2.24, 2.45) is 0 Å². The van der Waals surface area contributed by atoms with Gasteiger partial charge in [0, 0.05) is 38.8 Å². The summed E-state index contributed by atoms with van der Waals surface area (Å²) in [6, 6.07) is 3.64. The molecule has 7 heteroatoms. The fourth-order valence-electron chi connectivity index (χ4n) is 2.44. The van der Waals surface area contributed by atoms with Gasteiger partial charge in [-0.25, -0.2) is 0 Å². The number of hydrogen-bond acceptors (Lipinski definition) is 5. The van der Waals surface area contributed by atoms with Crippen molar-refractivity contribution in [3.63, 3.8) is 0 Å². The summed E-state index contributed by atoms with van der Waals surface area (Å²) in [5, 5.41) is 3.96. The Morgan fingerprint density at radius 2 is 2.19 bits per heavy atom. The van der Waals surface area contributed by atoms with Gasteiger partial charge < -0.3 is 14.4 Å². The van der Waals surface area contributed by atoms with Crippen LogP contribution >= 0.6 is 0 Å². The third-order valence-corrected chi connectivity index (χ3v) is 3.67. The first-order valence-corrected chi connectivity index (χ1v) is 7.22. The van der Waals surface area contributed by atoms with Gasteiger partial charge in [-0.2, -0.15) is 4.98 Å². The van der Waals surface area contributed by atoms with Crippen LogP contribution in [0.5, 0.6) is 0 Å². The summed E-state index contributed by atoms with van der Waals surface area (Å²) < 4.78 is 5.11. The number of rotatable bonds is 4. The Balaban J connectivity index is 1.52. The zero-order chi connectivity index (χ0) is 14.7. The number of hydrogen-bond donors (Lipinski definition) is 1. The van der Waals surface area contributed by atoms with Gasteiger partial charge in [0.25, 0.3) is 5.91 Å². The Hall–Kier alpha value is -2.15. The van der Waals surface area contributed by atoms with Crippen molar-refractivity contribution in [2.45, 2.75) is 19.9 Å². The van der Waals surface area contributed by atoms with Crippen LogP contribution in [0.15, 0.2) is 22.9 Å². The minimum Gasteiger partial charge on any atom is -0.357 e. The Morgan fingerprint density at radius 1 is 1.38 bits per heavy atom. The molecular weight excluding hydrogens is 270 g/mol. The Morgan fingerprint density at radius 3 is 2.81 bits per heavy atom. The van der Waals surface area contributed by atoms with E-state index in [1.807, 2.05) is 17.9 Å². The molecule has 1 saturated heterocycles. The summed E-state index contributed by atoms with van der Waals surface area (Å²) in [6.07, 6.45) is 2.52. The quantitative estimate of drug-likeness (QED) is 0.905. The summed E-state index contributed by atoms with van der Waals surface area (Å²) in [5.41, 5.74) is 0.647. The minimum absolute atomic E-state index is 0.0625. The predicted octanol–water partition coefficient (Wildman–Crippen LogP) is 0.918. The first-order chi connectivity index (χ1) is 10.3. The van der Waals surface area contributed by atoms with Crippen LogP contribution in [0, 0.1) is 0 Å². The molecule has 1 fully saturated rings. The minimum atomic E-state index is 0.0625. The molecule has 0 aromatic carbocycles. The van der Waals surface area contributed by atoms with Crippen LogP contribution in [0.2, 0.25) is 0 Å². The number of aromatic nitrogens is 3. The van der Waals surface area contributed by atoms with E-state index in [0.29, 0.717) is 18.1 Å². The average molecular weight is 289 g/mol. The van der Waals surface area contributed by atoms with Gasteiger partial charge in [-0.05, 0) is 12.1 Å². The number of nitrogens with zero attached hydrogens (tertiary/aromatic N) is 4. The van der Waals surface area contributed by atoms with Crippen LogP contribution in [0.3, 0.4) is 0 Å². The molecule has 21 heavy (non-hydrogen) atoms. The molecule has 0 saturated carbocycles. The molecular formula is C14H19N5O2. The van der Waals surface area contributed by atoms with Crippen LogP contribution in [0.4, 0.5) is 0 Å². The summed E-state index contributed by atoms with van der Waals surface area (Å²) in [5.74, 6) is 1.45. The lowest BCUT2D eigenvalue weighted by Crippen LogP contribution is -2.48. The molecule has 0 bridgehead atoms. The van der Waals surface area contributed by atoms with E-state index < -0.39 is 0 Å². The second-order valence-electron chi connectivity index (χ2n) is 5.11. The molecule has 1 aliphatic heterocycles. The molecule has 112 valence electrons. The van der Waals surface area contributed by atoms with Crippen molar-refractivity contribution in [1.29, 1.82) is 0 Å². The summed E-state index contributed by atoms with van der Waals surface area (Å²) in [4.78, 5) is 23.6. The molecule has 0 atom stereocenters. The van der Waals surface area contributed by atoms with Gasteiger partial charge in [-0.3, -0.25) is 9.69 Å². The lowest BCUT2D eigenvalue weighted by atomic mass is 10.2. The van der Waals surface area contributed by atoms with Crippen molar-refractivity contribution in [3.05, 3.63) is 35.7 Å². The van der Waals surface area contributed by atoms with Crippen molar-refractivity contribution >= 4 is 5.91 Å². The molecule has 0 spiro atoms. The maximum atomic E-state index is 12.2. The molecule has 3 rings (SSSR count). The van der Waals surface area contributed by atoms with E-state index in [4.69, 9.17) is 4.52 Å². The SMILES string of the molecule is CCc1nc(CN2CCN(C(=O)c3ccc[nH]3)CC2)no1. The largest absolute Gasteiger partial charge is 0.357 e. The standard InChI is InChI=1S/C14H19N5O2/c1-2-13-16-12(17-21-13)10-18-6-8-19(9-7-18)14(20)11-4-3-5-15-11/h3-5,15H,2,6-10H2,1H3. The van der Waals surface area contributed by atoms with Crippen LogP contribution in [-0.4, -0.2) is 57.0 Å². The zero-order valence-corrected chi connectivity index (χ0v) is 12.1. The lowest BCUT2D eigenvalue weighted by Gasteiger charge is -2.33. The second kappa shape index (κ2) is 6.09. The molecule has 7 nitrogen and oxygen atoms in total. The number of aromatic amines is 1. The smallest absolute Gasteiger partial charge is 0.270 e. The maximum absolute atomic E-state index is 12.2. The van der Waals surface area contributed by atoms with Crippen LogP contribution in [0.1, 0.15) is 29.1 Å². The lowest BCUT2D eigenvalue weighted by molar-refractivity contribution is 0.0619. The molecule has 2 aromatic heterocycles. The number of amides is 1. The normalized spacial score (nSPS) is 16.3. The average Bonchev–Trinajstić information content (AvgIpc) is 3.19. The third-order valence-electron chi connectivity index (χ3n) is 3.67. The highest BCUT2D eigenvalue weighted by Gasteiger charge is 2.23. The van der Waals surface area contributed by atoms with Crippen molar-refractivity contribution in [1.82, 2.24) is 24.9 Å². The number of aryl methyl sites for hydroxylation is 1. The maximum Gasteiger partial charge on any atom is 0.270 e. The first-order valence-electron chi connectivity index (χ1n) is 7.22. The number of H-pyrrole nitrogens is 1. The van der Waals surface area contributed by atoms with Crippen molar-refractivity contribution in [2.75, 3.05) is 26.2 Å². The van der Waals surface area contributed by atoms with E-state index in [-0.39, 0.29) is 5.91 Å². The van der Waals surface area contributed by atoms with Gasteiger partial charge in [0.15, 0.2) is 5.82 Å². The monoisotopic (exact) mass is 289 g/mol. The summed E-state index contributed by atoms with van der Waals surface area (Å²) >= 11 is 0. The first kappa shape index (κ1) is 13.8. The third kappa shape index (κ3) is 3.13. The highest BCUT2D eigenvalue weighted by atomic mass is 16.5. The van der Waals surface area contributed by atoms with Crippen molar-refractivity contribution in [3.8, 4) is 0 Å². The second-order valence-corrected chi connectivity index (χ2v) is 5.11. The van der Waals surface area contributed by atoms with Crippen LogP contribution in [0.25, 0.3) is 0 Å². The van der Waals surface area contributed by atoms with E-state index in [1.165, 1.54) is 0 Å². The highest BCUT2D eigenvalue weighted by molar-refractivity contribution is 5.92. The van der Waals surface area contributed by atoms with Gasteiger partial charge in [-0.1, -0.05) is 12.1 Å². The van der Waals surface area contributed by atoms with Crippen LogP contribution in [-0.2, 0) is 13.0 Å². The molecule has 1 amide bonds. The molecule has 2 aromatic rings. The number of carbonyl (C=O) groups excluding carboxylic acids is 1. The zero-order valence-electron chi connectivity index (χ0n) is 12.1. The van der Waals surface area contributed by atoms with E-state index in [2.05, 4.69) is 20.0 Å². The van der Waals surface area contributed by atoms with Gasteiger partial charge >= 0.3 is 0 Å².